The van der Waals surface area contributed by atoms with Gasteiger partial charge in [0.1, 0.15) is 24.5 Å². The molecule has 0 aromatic heterocycles. The zero-order chi connectivity index (χ0) is 11.6. The average Bonchev–Trinajstić information content (AvgIpc) is 2.18. The third-order valence-electron chi connectivity index (χ3n) is 2.33. The third kappa shape index (κ3) is 2.85. The third-order valence-corrected chi connectivity index (χ3v) is 2.33. The fourth-order valence-electron chi connectivity index (χ4n) is 1.56. The first kappa shape index (κ1) is 12.8. The van der Waals surface area contributed by atoms with E-state index in [0.717, 1.165) is 0 Å². The van der Waals surface area contributed by atoms with Crippen LogP contribution in [0.2, 0.25) is 0 Å². The van der Waals surface area contributed by atoms with Crippen molar-refractivity contribution in [2.75, 3.05) is 6.61 Å². The summed E-state index contributed by atoms with van der Waals surface area (Å²) in [4.78, 5) is 0. The molecular weight excluding hydrogens is 206 g/mol. The van der Waals surface area contributed by atoms with Crippen molar-refractivity contribution in [3.8, 4) is 0 Å². The molecule has 0 bridgehead atoms. The van der Waals surface area contributed by atoms with Crippen molar-refractivity contribution in [2.45, 2.75) is 43.8 Å². The summed E-state index contributed by atoms with van der Waals surface area (Å²) >= 11 is 0. The molecule has 1 heterocycles. The Bertz CT molecular complexity index is 202. The minimum absolute atomic E-state index is 0.503. The van der Waals surface area contributed by atoms with Gasteiger partial charge in [-0.25, -0.2) is 0 Å². The predicted molar refractivity (Wildman–Crippen MR) is 48.6 cm³/mol. The van der Waals surface area contributed by atoms with Gasteiger partial charge in [-0.15, -0.1) is 0 Å². The van der Waals surface area contributed by atoms with Gasteiger partial charge in [-0.1, -0.05) is 0 Å². The zero-order valence-electron chi connectivity index (χ0n) is 8.32. The van der Waals surface area contributed by atoms with E-state index in [0.29, 0.717) is 0 Å². The molecule has 0 saturated carbocycles. The summed E-state index contributed by atoms with van der Waals surface area (Å²) in [5, 5.41) is 48.7. The van der Waals surface area contributed by atoms with E-state index in [1.807, 2.05) is 0 Å². The van der Waals surface area contributed by atoms with E-state index in [-0.39, 0.29) is 0 Å². The fourth-order valence-corrected chi connectivity index (χ4v) is 1.56. The van der Waals surface area contributed by atoms with Gasteiger partial charge in [0.15, 0.2) is 6.29 Å². The van der Waals surface area contributed by atoms with Crippen LogP contribution >= 0.6 is 0 Å². The molecule has 6 atom stereocenters. The van der Waals surface area contributed by atoms with Gasteiger partial charge in [0.05, 0.1) is 12.6 Å². The normalized spacial score (nSPS) is 44.0. The molecule has 15 heavy (non-hydrogen) atoms. The molecule has 1 aliphatic rings. The Morgan fingerprint density at radius 1 is 1.27 bits per heavy atom. The number of ether oxygens (including phenoxy) is 1. The van der Waals surface area contributed by atoms with Crippen molar-refractivity contribution in [2.24, 2.45) is 0 Å². The molecule has 0 aromatic carbocycles. The molecule has 1 aliphatic heterocycles. The second-order valence-electron chi connectivity index (χ2n) is 3.60. The number of nitrogens with one attached hydrogen (secondary N) is 1. The summed E-state index contributed by atoms with van der Waals surface area (Å²) in [5.74, 6) is 0. The van der Waals surface area contributed by atoms with E-state index in [2.05, 4.69) is 5.32 Å². The van der Waals surface area contributed by atoms with Gasteiger partial charge in [0, 0.05) is 0 Å². The topological polar surface area (TPSA) is 122 Å². The number of hydrogen-bond acceptors (Lipinski definition) is 7. The van der Waals surface area contributed by atoms with Crippen LogP contribution in [0.1, 0.15) is 6.92 Å². The van der Waals surface area contributed by atoms with Crippen LogP contribution in [0.25, 0.3) is 0 Å². The van der Waals surface area contributed by atoms with E-state index in [1.54, 1.807) is 0 Å². The van der Waals surface area contributed by atoms with Crippen molar-refractivity contribution in [3.05, 3.63) is 0 Å². The van der Waals surface area contributed by atoms with Gasteiger partial charge in [0.2, 0.25) is 0 Å². The molecule has 0 radical (unpaired) electrons. The lowest BCUT2D eigenvalue weighted by molar-refractivity contribution is -0.257. The van der Waals surface area contributed by atoms with Crippen LogP contribution < -0.4 is 5.32 Å². The van der Waals surface area contributed by atoms with Crippen molar-refractivity contribution < 1.29 is 30.3 Å². The molecule has 7 heteroatoms. The maximum Gasteiger partial charge on any atom is 0.173 e. The second-order valence-corrected chi connectivity index (χ2v) is 3.60. The number of rotatable bonds is 3. The molecule has 0 aromatic rings. The molecule has 0 spiro atoms. The number of aliphatic hydroxyl groups is 5. The summed E-state index contributed by atoms with van der Waals surface area (Å²) in [6, 6.07) is -0.997. The van der Waals surface area contributed by atoms with Gasteiger partial charge >= 0.3 is 0 Å². The van der Waals surface area contributed by atoms with Crippen molar-refractivity contribution in [1.82, 2.24) is 5.32 Å². The Hall–Kier alpha value is -0.280. The first-order chi connectivity index (χ1) is 6.97. The summed E-state index contributed by atoms with van der Waals surface area (Å²) in [6.07, 6.45) is -6.01. The molecular formula is C8H17NO6. The van der Waals surface area contributed by atoms with Gasteiger partial charge in [-0.2, -0.15) is 0 Å². The Morgan fingerprint density at radius 3 is 2.33 bits per heavy atom. The van der Waals surface area contributed by atoms with Gasteiger partial charge in [-0.3, -0.25) is 5.32 Å². The summed E-state index contributed by atoms with van der Waals surface area (Å²) in [6.45, 7) is 0.903. The maximum absolute atomic E-state index is 9.58. The smallest absolute Gasteiger partial charge is 0.173 e. The SMILES string of the molecule is CC(O)N[C@H]1C(O)O[C@H](CO)[C@@H](O)[C@@H]1O. The van der Waals surface area contributed by atoms with Crippen LogP contribution in [-0.2, 0) is 4.74 Å². The minimum Gasteiger partial charge on any atom is -0.394 e. The van der Waals surface area contributed by atoms with Crippen molar-refractivity contribution in [1.29, 1.82) is 0 Å². The lowest BCUT2D eigenvalue weighted by atomic mass is 9.97. The highest BCUT2D eigenvalue weighted by Gasteiger charge is 2.43. The number of hydrogen-bond donors (Lipinski definition) is 6. The summed E-state index contributed by atoms with van der Waals surface area (Å²) in [7, 11) is 0. The molecule has 2 unspecified atom stereocenters. The van der Waals surface area contributed by atoms with Gasteiger partial charge < -0.3 is 30.3 Å². The van der Waals surface area contributed by atoms with E-state index in [9.17, 15) is 15.3 Å². The van der Waals surface area contributed by atoms with E-state index >= 15 is 0 Å². The Kier molecular flexibility index (Phi) is 4.41. The lowest BCUT2D eigenvalue weighted by Crippen LogP contribution is -2.64. The molecule has 1 fully saturated rings. The van der Waals surface area contributed by atoms with Crippen molar-refractivity contribution >= 4 is 0 Å². The number of aliphatic hydroxyl groups excluding tert-OH is 5. The highest BCUT2D eigenvalue weighted by atomic mass is 16.6. The standard InChI is InChI=1S/C8H17NO6/c1-3(11)9-5-7(13)6(12)4(2-10)15-8(5)14/h3-14H,2H2,1H3/t3?,4-,5-,6-,7-,8?/m1/s1. The molecule has 0 aliphatic carbocycles. The van der Waals surface area contributed by atoms with Crippen LogP contribution in [0, 0.1) is 0 Å². The quantitative estimate of drug-likeness (QED) is 0.277. The van der Waals surface area contributed by atoms with Crippen LogP contribution in [0.5, 0.6) is 0 Å². The highest BCUT2D eigenvalue weighted by Crippen LogP contribution is 2.19. The monoisotopic (exact) mass is 223 g/mol. The molecule has 90 valence electrons. The van der Waals surface area contributed by atoms with Crippen molar-refractivity contribution in [3.63, 3.8) is 0 Å². The Morgan fingerprint density at radius 2 is 1.87 bits per heavy atom. The first-order valence-corrected chi connectivity index (χ1v) is 4.72. The zero-order valence-corrected chi connectivity index (χ0v) is 8.32. The minimum atomic E-state index is -1.39. The molecule has 1 saturated heterocycles. The largest absolute Gasteiger partial charge is 0.394 e. The summed E-state index contributed by atoms with van der Waals surface area (Å²) in [5.41, 5.74) is 0. The van der Waals surface area contributed by atoms with E-state index in [4.69, 9.17) is 14.9 Å². The summed E-state index contributed by atoms with van der Waals surface area (Å²) < 4.78 is 4.85. The highest BCUT2D eigenvalue weighted by molar-refractivity contribution is 4.92. The van der Waals surface area contributed by atoms with Crippen LogP contribution in [0.4, 0.5) is 0 Å². The van der Waals surface area contributed by atoms with E-state index in [1.165, 1.54) is 6.92 Å². The van der Waals surface area contributed by atoms with Gasteiger partial charge in [-0.05, 0) is 6.92 Å². The van der Waals surface area contributed by atoms with Gasteiger partial charge in [0.25, 0.3) is 0 Å². The predicted octanol–water partition coefficient (Wildman–Crippen LogP) is -3.29. The van der Waals surface area contributed by atoms with Crippen LogP contribution in [0.15, 0.2) is 0 Å². The molecule has 0 amide bonds. The Balaban J connectivity index is 2.66. The first-order valence-electron chi connectivity index (χ1n) is 4.72. The van der Waals surface area contributed by atoms with E-state index < -0.39 is 43.5 Å². The lowest BCUT2D eigenvalue weighted by Gasteiger charge is -2.40. The Labute approximate surface area is 86.9 Å². The molecule has 1 rings (SSSR count). The van der Waals surface area contributed by atoms with Crippen LogP contribution in [-0.4, -0.2) is 69.0 Å². The molecule has 6 N–H and O–H groups in total. The molecule has 7 nitrogen and oxygen atoms in total. The van der Waals surface area contributed by atoms with Crippen LogP contribution in [0.3, 0.4) is 0 Å². The fraction of sp³-hybridized carbons (Fsp3) is 1.00. The average molecular weight is 223 g/mol. The maximum atomic E-state index is 9.58. The second kappa shape index (κ2) is 5.17.